The number of carbonyl (C=O) groups excluding carboxylic acids is 2. The summed E-state index contributed by atoms with van der Waals surface area (Å²) in [5.74, 6) is -0.231. The van der Waals surface area contributed by atoms with Crippen molar-refractivity contribution in [3.8, 4) is 0 Å². The van der Waals surface area contributed by atoms with Gasteiger partial charge in [-0.05, 0) is 40.9 Å². The van der Waals surface area contributed by atoms with E-state index in [1.54, 1.807) is 30.5 Å². The number of anilines is 1. The highest BCUT2D eigenvalue weighted by Crippen LogP contribution is 2.33. The van der Waals surface area contributed by atoms with Gasteiger partial charge in [0.25, 0.3) is 0 Å². The summed E-state index contributed by atoms with van der Waals surface area (Å²) in [7, 11) is 0. The molecule has 1 saturated carbocycles. The second-order valence-electron chi connectivity index (χ2n) is 6.04. The van der Waals surface area contributed by atoms with E-state index in [1.165, 1.54) is 6.20 Å². The average Bonchev–Trinajstić information content (AvgIpc) is 2.36. The van der Waals surface area contributed by atoms with Crippen LogP contribution in [-0.2, 0) is 20.8 Å². The van der Waals surface area contributed by atoms with Gasteiger partial charge >= 0.3 is 0 Å². The average molecular weight is 305 g/mol. The zero-order valence-corrected chi connectivity index (χ0v) is 13.3. The highest BCUT2D eigenvalue weighted by atomic mass is 32.2. The highest BCUT2D eigenvalue weighted by Gasteiger charge is 2.35. The summed E-state index contributed by atoms with van der Waals surface area (Å²) in [6.45, 7) is 3.85. The Bertz CT molecular complexity index is 566. The molecule has 4 nitrogen and oxygen atoms in total. The summed E-state index contributed by atoms with van der Waals surface area (Å²) < 4.78 is 11.3. The molecular formula is C16H19NO3S. The first-order chi connectivity index (χ1) is 9.78. The lowest BCUT2D eigenvalue weighted by Gasteiger charge is -2.28. The van der Waals surface area contributed by atoms with E-state index in [9.17, 15) is 14.1 Å². The van der Waals surface area contributed by atoms with Gasteiger partial charge < -0.3 is 9.87 Å². The van der Waals surface area contributed by atoms with E-state index in [2.05, 4.69) is 5.32 Å². The van der Waals surface area contributed by atoms with Crippen molar-refractivity contribution in [2.45, 2.75) is 31.6 Å². The van der Waals surface area contributed by atoms with E-state index in [4.69, 9.17) is 0 Å². The van der Waals surface area contributed by atoms with Gasteiger partial charge in [-0.15, -0.1) is 0 Å². The molecule has 0 amide bonds. The molecule has 2 rings (SSSR count). The zero-order chi connectivity index (χ0) is 15.6. The van der Waals surface area contributed by atoms with E-state index in [1.807, 2.05) is 13.8 Å². The molecular weight excluding hydrogens is 286 g/mol. The first kappa shape index (κ1) is 15.8. The molecule has 1 aromatic carbocycles. The largest absolute Gasteiger partial charge is 0.612 e. The maximum atomic E-state index is 12.0. The smallest absolute Gasteiger partial charge is 0.168 e. The molecule has 1 fully saturated rings. The molecule has 0 radical (unpaired) electrons. The summed E-state index contributed by atoms with van der Waals surface area (Å²) in [5.41, 5.74) is 0.734. The third-order valence-electron chi connectivity index (χ3n) is 3.45. The monoisotopic (exact) mass is 305 g/mol. The van der Waals surface area contributed by atoms with E-state index >= 15 is 0 Å². The van der Waals surface area contributed by atoms with Crippen LogP contribution in [0.4, 0.5) is 5.69 Å². The van der Waals surface area contributed by atoms with Gasteiger partial charge in [-0.3, -0.25) is 9.59 Å². The molecule has 1 aromatic rings. The Labute approximate surface area is 127 Å². The molecule has 112 valence electrons. The molecule has 0 heterocycles. The van der Waals surface area contributed by atoms with Crippen LogP contribution in [0.1, 0.15) is 26.7 Å². The van der Waals surface area contributed by atoms with Crippen LogP contribution in [0.3, 0.4) is 0 Å². The molecule has 0 aromatic heterocycles. The Kier molecular flexibility index (Phi) is 4.54. The maximum Gasteiger partial charge on any atom is 0.168 e. The van der Waals surface area contributed by atoms with Gasteiger partial charge in [-0.2, -0.15) is 0 Å². The Hall–Kier alpha value is -1.59. The lowest BCUT2D eigenvalue weighted by Crippen LogP contribution is -2.31. The quantitative estimate of drug-likeness (QED) is 0.529. The van der Waals surface area contributed by atoms with Crippen molar-refractivity contribution in [1.82, 2.24) is 0 Å². The SMILES string of the molecule is C[S+]([O-])c1ccc(NC=C2C(=O)CC(C)(C)CC2=O)cc1. The Balaban J connectivity index is 2.10. The number of benzene rings is 1. The fourth-order valence-electron chi connectivity index (χ4n) is 2.34. The minimum absolute atomic E-state index is 0.116. The lowest BCUT2D eigenvalue weighted by atomic mass is 9.74. The number of allylic oxidation sites excluding steroid dienone is 1. The lowest BCUT2D eigenvalue weighted by molar-refractivity contribution is -0.127. The van der Waals surface area contributed by atoms with Crippen LogP contribution in [0, 0.1) is 5.41 Å². The van der Waals surface area contributed by atoms with Crippen molar-refractivity contribution >= 4 is 28.4 Å². The summed E-state index contributed by atoms with van der Waals surface area (Å²) >= 11 is -1.02. The van der Waals surface area contributed by atoms with E-state index < -0.39 is 11.2 Å². The summed E-state index contributed by atoms with van der Waals surface area (Å²) in [5, 5.41) is 2.97. The Morgan fingerprint density at radius 2 is 1.67 bits per heavy atom. The topological polar surface area (TPSA) is 69.2 Å². The predicted octanol–water partition coefficient (Wildman–Crippen LogP) is 2.68. The number of Topliss-reactive ketones (excluding diaryl/α,β-unsaturated/α-hetero) is 2. The third-order valence-corrected chi connectivity index (χ3v) is 4.38. The van der Waals surface area contributed by atoms with E-state index in [0.29, 0.717) is 12.8 Å². The first-order valence-corrected chi connectivity index (χ1v) is 8.31. The molecule has 1 aliphatic carbocycles. The molecule has 0 bridgehead atoms. The van der Waals surface area contributed by atoms with Gasteiger partial charge in [0.1, 0.15) is 6.26 Å². The van der Waals surface area contributed by atoms with Crippen LogP contribution in [0.2, 0.25) is 0 Å². The number of hydrogen-bond donors (Lipinski definition) is 1. The molecule has 21 heavy (non-hydrogen) atoms. The molecule has 0 saturated heterocycles. The van der Waals surface area contributed by atoms with Crippen LogP contribution in [0.25, 0.3) is 0 Å². The molecule has 0 aliphatic heterocycles. The highest BCUT2D eigenvalue weighted by molar-refractivity contribution is 7.90. The first-order valence-electron chi connectivity index (χ1n) is 6.75. The van der Waals surface area contributed by atoms with Crippen molar-refractivity contribution in [3.63, 3.8) is 0 Å². The standard InChI is InChI=1S/C16H19NO3S/c1-16(2)8-14(18)13(15(19)9-16)10-17-11-4-6-12(7-5-11)21(3)20/h4-7,10,17H,8-9H2,1-3H3. The summed E-state index contributed by atoms with van der Waals surface area (Å²) in [6.07, 6.45) is 3.88. The molecule has 1 unspecified atom stereocenters. The van der Waals surface area contributed by atoms with Crippen molar-refractivity contribution in [2.24, 2.45) is 5.41 Å². The van der Waals surface area contributed by atoms with Crippen molar-refractivity contribution in [1.29, 1.82) is 0 Å². The van der Waals surface area contributed by atoms with Crippen LogP contribution in [-0.4, -0.2) is 22.4 Å². The van der Waals surface area contributed by atoms with Crippen molar-refractivity contribution in [3.05, 3.63) is 36.0 Å². The minimum Gasteiger partial charge on any atom is -0.612 e. The fraction of sp³-hybridized carbons (Fsp3) is 0.375. The van der Waals surface area contributed by atoms with Crippen LogP contribution in [0.5, 0.6) is 0 Å². The number of carbonyl (C=O) groups is 2. The van der Waals surface area contributed by atoms with E-state index in [-0.39, 0.29) is 22.6 Å². The Morgan fingerprint density at radius 3 is 2.14 bits per heavy atom. The zero-order valence-electron chi connectivity index (χ0n) is 12.4. The number of nitrogens with one attached hydrogen (secondary N) is 1. The van der Waals surface area contributed by atoms with Gasteiger partial charge in [0.05, 0.1) is 5.57 Å². The van der Waals surface area contributed by atoms with E-state index in [0.717, 1.165) is 10.6 Å². The number of rotatable bonds is 3. The number of ketones is 2. The third kappa shape index (κ3) is 3.95. The molecule has 1 N–H and O–H groups in total. The molecule has 5 heteroatoms. The van der Waals surface area contributed by atoms with Crippen molar-refractivity contribution < 1.29 is 14.1 Å². The van der Waals surface area contributed by atoms with Crippen LogP contribution in [0.15, 0.2) is 40.9 Å². The minimum atomic E-state index is -1.02. The van der Waals surface area contributed by atoms with Gasteiger partial charge in [-0.25, -0.2) is 0 Å². The summed E-state index contributed by atoms with van der Waals surface area (Å²) in [6, 6.07) is 7.06. The second kappa shape index (κ2) is 6.03. The van der Waals surface area contributed by atoms with Gasteiger partial charge in [0, 0.05) is 24.7 Å². The predicted molar refractivity (Wildman–Crippen MR) is 83.5 cm³/mol. The molecule has 1 atom stereocenters. The van der Waals surface area contributed by atoms with Crippen LogP contribution >= 0.6 is 0 Å². The molecule has 0 spiro atoms. The normalized spacial score (nSPS) is 19.3. The number of hydrogen-bond acceptors (Lipinski definition) is 4. The van der Waals surface area contributed by atoms with Crippen LogP contribution < -0.4 is 5.32 Å². The van der Waals surface area contributed by atoms with Crippen molar-refractivity contribution in [2.75, 3.05) is 11.6 Å². The van der Waals surface area contributed by atoms with Gasteiger partial charge in [0.15, 0.2) is 16.5 Å². The Morgan fingerprint density at radius 1 is 1.14 bits per heavy atom. The maximum absolute atomic E-state index is 12.0. The van der Waals surface area contributed by atoms with Gasteiger partial charge in [0.2, 0.25) is 0 Å². The fourth-order valence-corrected chi connectivity index (χ4v) is 2.86. The second-order valence-corrected chi connectivity index (χ2v) is 7.42. The molecule has 1 aliphatic rings. The summed E-state index contributed by atoms with van der Waals surface area (Å²) in [4.78, 5) is 24.8. The van der Waals surface area contributed by atoms with Gasteiger partial charge in [-0.1, -0.05) is 13.8 Å².